The number of aryl methyl sites for hydroxylation is 1. The standard InChI is InChI=1S/C16H25N/c1-12-7-6-8-14(9-12)16(10-13(16)2)11-17-15(3,4)5/h6-9,13,17H,10-11H2,1-5H3. The molecule has 1 saturated carbocycles. The highest BCUT2D eigenvalue weighted by Gasteiger charge is 2.52. The summed E-state index contributed by atoms with van der Waals surface area (Å²) in [7, 11) is 0. The van der Waals surface area contributed by atoms with Gasteiger partial charge in [-0.05, 0) is 45.6 Å². The summed E-state index contributed by atoms with van der Waals surface area (Å²) >= 11 is 0. The predicted octanol–water partition coefficient (Wildman–Crippen LogP) is 3.66. The van der Waals surface area contributed by atoms with Gasteiger partial charge in [0, 0.05) is 17.5 Å². The Kier molecular flexibility index (Phi) is 3.07. The summed E-state index contributed by atoms with van der Waals surface area (Å²) < 4.78 is 0. The second kappa shape index (κ2) is 4.13. The van der Waals surface area contributed by atoms with Gasteiger partial charge in [-0.3, -0.25) is 0 Å². The van der Waals surface area contributed by atoms with Gasteiger partial charge >= 0.3 is 0 Å². The van der Waals surface area contributed by atoms with Gasteiger partial charge in [-0.2, -0.15) is 0 Å². The van der Waals surface area contributed by atoms with Crippen molar-refractivity contribution < 1.29 is 0 Å². The summed E-state index contributed by atoms with van der Waals surface area (Å²) in [5.41, 5.74) is 3.48. The third kappa shape index (κ3) is 2.71. The largest absolute Gasteiger partial charge is 0.311 e. The van der Waals surface area contributed by atoms with Crippen molar-refractivity contribution >= 4 is 0 Å². The van der Waals surface area contributed by atoms with Crippen LogP contribution in [-0.4, -0.2) is 12.1 Å². The van der Waals surface area contributed by atoms with E-state index in [1.807, 2.05) is 0 Å². The average molecular weight is 231 g/mol. The molecule has 1 aromatic rings. The Morgan fingerprint density at radius 1 is 1.35 bits per heavy atom. The van der Waals surface area contributed by atoms with E-state index in [1.165, 1.54) is 17.5 Å². The van der Waals surface area contributed by atoms with Crippen LogP contribution in [0.2, 0.25) is 0 Å². The molecule has 0 radical (unpaired) electrons. The lowest BCUT2D eigenvalue weighted by Crippen LogP contribution is -2.41. The van der Waals surface area contributed by atoms with E-state index >= 15 is 0 Å². The molecule has 0 bridgehead atoms. The van der Waals surface area contributed by atoms with Crippen molar-refractivity contribution in [2.24, 2.45) is 5.92 Å². The van der Waals surface area contributed by atoms with E-state index in [0.29, 0.717) is 5.41 Å². The number of hydrogen-bond acceptors (Lipinski definition) is 1. The number of rotatable bonds is 3. The maximum absolute atomic E-state index is 3.67. The second-order valence-corrected chi connectivity index (χ2v) is 6.73. The molecule has 1 N–H and O–H groups in total. The fourth-order valence-electron chi connectivity index (χ4n) is 2.62. The van der Waals surface area contributed by atoms with Crippen LogP contribution in [0.1, 0.15) is 45.2 Å². The Balaban J connectivity index is 2.16. The molecule has 0 aliphatic heterocycles. The Morgan fingerprint density at radius 3 is 2.47 bits per heavy atom. The highest BCUT2D eigenvalue weighted by Crippen LogP contribution is 2.53. The zero-order chi connectivity index (χ0) is 12.7. The highest BCUT2D eigenvalue weighted by atomic mass is 15.0. The first-order valence-electron chi connectivity index (χ1n) is 6.66. The number of hydrogen-bond donors (Lipinski definition) is 1. The molecule has 0 spiro atoms. The molecule has 1 nitrogen and oxygen atoms in total. The Morgan fingerprint density at radius 2 is 2.00 bits per heavy atom. The van der Waals surface area contributed by atoms with Crippen molar-refractivity contribution in [2.45, 2.75) is 52.0 Å². The molecule has 0 amide bonds. The lowest BCUT2D eigenvalue weighted by molar-refractivity contribution is 0.392. The zero-order valence-corrected chi connectivity index (χ0v) is 11.8. The van der Waals surface area contributed by atoms with E-state index in [9.17, 15) is 0 Å². The summed E-state index contributed by atoms with van der Waals surface area (Å²) in [6.45, 7) is 12.4. The van der Waals surface area contributed by atoms with Gasteiger partial charge in [0.25, 0.3) is 0 Å². The van der Waals surface area contributed by atoms with E-state index < -0.39 is 0 Å². The molecule has 1 aliphatic rings. The fraction of sp³-hybridized carbons (Fsp3) is 0.625. The molecular formula is C16H25N. The van der Waals surface area contributed by atoms with Crippen molar-refractivity contribution in [3.8, 4) is 0 Å². The van der Waals surface area contributed by atoms with Gasteiger partial charge in [0.2, 0.25) is 0 Å². The first kappa shape index (κ1) is 12.6. The maximum atomic E-state index is 3.67. The van der Waals surface area contributed by atoms with E-state index in [-0.39, 0.29) is 5.54 Å². The van der Waals surface area contributed by atoms with Gasteiger partial charge in [0.1, 0.15) is 0 Å². The lowest BCUT2D eigenvalue weighted by Gasteiger charge is -2.26. The highest BCUT2D eigenvalue weighted by molar-refractivity contribution is 5.36. The van der Waals surface area contributed by atoms with Gasteiger partial charge in [-0.15, -0.1) is 0 Å². The van der Waals surface area contributed by atoms with Gasteiger partial charge in [0.15, 0.2) is 0 Å². The molecule has 0 aromatic heterocycles. The molecule has 0 heterocycles. The van der Waals surface area contributed by atoms with Crippen LogP contribution in [0.3, 0.4) is 0 Å². The minimum Gasteiger partial charge on any atom is -0.311 e. The van der Waals surface area contributed by atoms with Crippen LogP contribution in [0.15, 0.2) is 24.3 Å². The first-order chi connectivity index (χ1) is 7.83. The van der Waals surface area contributed by atoms with E-state index in [2.05, 4.69) is 64.2 Å². The topological polar surface area (TPSA) is 12.0 Å². The van der Waals surface area contributed by atoms with Crippen LogP contribution in [0.25, 0.3) is 0 Å². The van der Waals surface area contributed by atoms with Gasteiger partial charge in [-0.1, -0.05) is 36.8 Å². The minimum absolute atomic E-state index is 0.207. The second-order valence-electron chi connectivity index (χ2n) is 6.73. The molecular weight excluding hydrogens is 206 g/mol. The van der Waals surface area contributed by atoms with Gasteiger partial charge in [-0.25, -0.2) is 0 Å². The van der Waals surface area contributed by atoms with Crippen molar-refractivity contribution in [2.75, 3.05) is 6.54 Å². The normalized spacial score (nSPS) is 28.2. The quantitative estimate of drug-likeness (QED) is 0.837. The molecule has 0 saturated heterocycles. The molecule has 2 rings (SSSR count). The monoisotopic (exact) mass is 231 g/mol. The third-order valence-corrected chi connectivity index (χ3v) is 3.98. The van der Waals surface area contributed by atoms with Crippen LogP contribution in [0, 0.1) is 12.8 Å². The van der Waals surface area contributed by atoms with Crippen LogP contribution >= 0.6 is 0 Å². The summed E-state index contributed by atoms with van der Waals surface area (Å²) in [5, 5.41) is 3.67. The lowest BCUT2D eigenvalue weighted by atomic mass is 9.91. The van der Waals surface area contributed by atoms with Crippen LogP contribution in [0.5, 0.6) is 0 Å². The van der Waals surface area contributed by atoms with E-state index in [0.717, 1.165) is 12.5 Å². The van der Waals surface area contributed by atoms with Crippen molar-refractivity contribution in [1.82, 2.24) is 5.32 Å². The fourth-order valence-corrected chi connectivity index (χ4v) is 2.62. The number of nitrogens with one attached hydrogen (secondary N) is 1. The third-order valence-electron chi connectivity index (χ3n) is 3.98. The zero-order valence-electron chi connectivity index (χ0n) is 11.8. The molecule has 1 aliphatic carbocycles. The van der Waals surface area contributed by atoms with Crippen molar-refractivity contribution in [1.29, 1.82) is 0 Å². The van der Waals surface area contributed by atoms with E-state index in [1.54, 1.807) is 0 Å². The van der Waals surface area contributed by atoms with Crippen LogP contribution in [-0.2, 0) is 5.41 Å². The van der Waals surface area contributed by atoms with Crippen LogP contribution < -0.4 is 5.32 Å². The van der Waals surface area contributed by atoms with Gasteiger partial charge < -0.3 is 5.32 Å². The smallest absolute Gasteiger partial charge is 0.0107 e. The van der Waals surface area contributed by atoms with Crippen molar-refractivity contribution in [3.05, 3.63) is 35.4 Å². The van der Waals surface area contributed by atoms with Crippen LogP contribution in [0.4, 0.5) is 0 Å². The Labute approximate surface area is 106 Å². The molecule has 94 valence electrons. The average Bonchev–Trinajstić information content (AvgIpc) is 2.87. The molecule has 1 fully saturated rings. The molecule has 1 aromatic carbocycles. The SMILES string of the molecule is Cc1cccc(C2(CNC(C)(C)C)CC2C)c1. The number of benzene rings is 1. The summed E-state index contributed by atoms with van der Waals surface area (Å²) in [5.74, 6) is 0.805. The van der Waals surface area contributed by atoms with Gasteiger partial charge in [0.05, 0.1) is 0 Å². The molecule has 2 atom stereocenters. The van der Waals surface area contributed by atoms with E-state index in [4.69, 9.17) is 0 Å². The molecule has 1 heteroatoms. The summed E-state index contributed by atoms with van der Waals surface area (Å²) in [4.78, 5) is 0. The first-order valence-corrected chi connectivity index (χ1v) is 6.66. The Bertz CT molecular complexity index is 402. The molecule has 17 heavy (non-hydrogen) atoms. The molecule has 2 unspecified atom stereocenters. The predicted molar refractivity (Wildman–Crippen MR) is 74.4 cm³/mol. The summed E-state index contributed by atoms with van der Waals surface area (Å²) in [6.07, 6.45) is 1.32. The summed E-state index contributed by atoms with van der Waals surface area (Å²) in [6, 6.07) is 9.02. The maximum Gasteiger partial charge on any atom is 0.0107 e. The Hall–Kier alpha value is -0.820. The van der Waals surface area contributed by atoms with Crippen molar-refractivity contribution in [3.63, 3.8) is 0 Å². The minimum atomic E-state index is 0.207.